The van der Waals surface area contributed by atoms with Crippen molar-refractivity contribution in [3.05, 3.63) is 45.0 Å². The summed E-state index contributed by atoms with van der Waals surface area (Å²) in [5, 5.41) is 13.6. The Balaban J connectivity index is 1.49. The van der Waals surface area contributed by atoms with Crippen LogP contribution in [0, 0.1) is 29.6 Å². The molecule has 5 rings (SSSR count). The minimum atomic E-state index is -4.92. The number of aliphatic carboxylic acids is 1. The molecule has 3 atom stereocenters. The van der Waals surface area contributed by atoms with Crippen LogP contribution in [0.4, 0.5) is 13.2 Å². The Bertz CT molecular complexity index is 1430. The second-order valence-corrected chi connectivity index (χ2v) is 13.6. The van der Waals surface area contributed by atoms with Crippen molar-refractivity contribution >= 4 is 40.9 Å². The lowest BCUT2D eigenvalue weighted by Crippen LogP contribution is -2.44. The molecule has 0 aliphatic heterocycles. The van der Waals surface area contributed by atoms with Gasteiger partial charge < -0.3 is 10.0 Å². The van der Waals surface area contributed by atoms with Crippen LogP contribution >= 0.6 is 23.2 Å². The molecule has 13 heteroatoms. The van der Waals surface area contributed by atoms with Crippen molar-refractivity contribution in [2.45, 2.75) is 84.5 Å². The van der Waals surface area contributed by atoms with E-state index in [-0.39, 0.29) is 46.7 Å². The van der Waals surface area contributed by atoms with E-state index in [9.17, 15) is 32.7 Å². The Labute approximate surface area is 251 Å². The number of pyridine rings is 1. The molecule has 0 spiro atoms. The van der Waals surface area contributed by atoms with Crippen molar-refractivity contribution < 1.29 is 32.7 Å². The van der Waals surface area contributed by atoms with E-state index in [4.69, 9.17) is 23.2 Å². The highest BCUT2D eigenvalue weighted by Gasteiger charge is 2.63. The third-order valence-electron chi connectivity index (χ3n) is 10.00. The third-order valence-corrected chi connectivity index (χ3v) is 10.7. The number of ketones is 1. The van der Waals surface area contributed by atoms with Crippen molar-refractivity contribution in [2.24, 2.45) is 22.7 Å². The van der Waals surface area contributed by atoms with Crippen molar-refractivity contribution in [1.82, 2.24) is 19.7 Å². The molecule has 3 aliphatic carbocycles. The number of aromatic nitrogens is 3. The van der Waals surface area contributed by atoms with Crippen molar-refractivity contribution in [1.29, 1.82) is 0 Å². The van der Waals surface area contributed by atoms with Crippen LogP contribution in [0.15, 0.2) is 12.4 Å². The first-order valence-corrected chi connectivity index (χ1v) is 14.8. The fourth-order valence-electron chi connectivity index (χ4n) is 7.08. The molecule has 228 valence electrons. The van der Waals surface area contributed by atoms with Gasteiger partial charge in [-0.05, 0) is 69.6 Å². The lowest BCUT2D eigenvalue weighted by Gasteiger charge is -2.35. The zero-order chi connectivity index (χ0) is 30.9. The average molecular weight is 630 g/mol. The monoisotopic (exact) mass is 628 g/mol. The first kappa shape index (κ1) is 30.8. The van der Waals surface area contributed by atoms with E-state index < -0.39 is 59.1 Å². The summed E-state index contributed by atoms with van der Waals surface area (Å²) in [6.07, 6.45) is -0.877. The lowest BCUT2D eigenvalue weighted by molar-refractivity contribution is -0.152. The van der Waals surface area contributed by atoms with Crippen LogP contribution in [0.1, 0.15) is 97.4 Å². The van der Waals surface area contributed by atoms with E-state index in [1.807, 2.05) is 0 Å². The molecule has 0 bridgehead atoms. The van der Waals surface area contributed by atoms with Gasteiger partial charge in [-0.1, -0.05) is 37.0 Å². The number of fused-ring (bicyclic) bond motifs is 1. The number of carbonyl (C=O) groups excluding carboxylic acids is 2. The largest absolute Gasteiger partial charge is 0.481 e. The topological polar surface area (TPSA) is 105 Å². The van der Waals surface area contributed by atoms with Gasteiger partial charge >= 0.3 is 12.1 Å². The molecule has 3 fully saturated rings. The molecule has 8 nitrogen and oxygen atoms in total. The summed E-state index contributed by atoms with van der Waals surface area (Å²) in [7, 11) is 0. The second-order valence-electron chi connectivity index (χ2n) is 12.8. The summed E-state index contributed by atoms with van der Waals surface area (Å²) >= 11 is 12.6. The molecule has 1 amide bonds. The molecule has 0 radical (unpaired) electrons. The van der Waals surface area contributed by atoms with Gasteiger partial charge in [0.1, 0.15) is 0 Å². The second kappa shape index (κ2) is 10.5. The Kier molecular flexibility index (Phi) is 7.70. The zero-order valence-corrected chi connectivity index (χ0v) is 25.3. The third kappa shape index (κ3) is 5.20. The van der Waals surface area contributed by atoms with Gasteiger partial charge in [-0.3, -0.25) is 24.0 Å². The maximum Gasteiger partial charge on any atom is 0.433 e. The molecule has 2 heterocycles. The number of rotatable bonds is 7. The summed E-state index contributed by atoms with van der Waals surface area (Å²) in [6.45, 7) is 6.93. The summed E-state index contributed by atoms with van der Waals surface area (Å²) in [5.74, 6) is -1.91. The summed E-state index contributed by atoms with van der Waals surface area (Å²) in [4.78, 5) is 44.5. The van der Waals surface area contributed by atoms with E-state index in [2.05, 4.69) is 23.9 Å². The Hall–Kier alpha value is -2.66. The van der Waals surface area contributed by atoms with Crippen LogP contribution < -0.4 is 0 Å². The number of amides is 1. The predicted octanol–water partition coefficient (Wildman–Crippen LogP) is 6.88. The molecular formula is C29H33Cl2F3N4O4. The Morgan fingerprint density at radius 3 is 2.24 bits per heavy atom. The molecular weight excluding hydrogens is 596 g/mol. The van der Waals surface area contributed by atoms with Crippen molar-refractivity contribution in [2.75, 3.05) is 6.54 Å². The number of hydrogen-bond donors (Lipinski definition) is 1. The first-order chi connectivity index (χ1) is 19.5. The minimum Gasteiger partial charge on any atom is -0.481 e. The van der Waals surface area contributed by atoms with Gasteiger partial charge in [0.05, 0.1) is 51.1 Å². The summed E-state index contributed by atoms with van der Waals surface area (Å²) in [5.41, 5.74) is -2.43. The van der Waals surface area contributed by atoms with E-state index >= 15 is 0 Å². The highest BCUT2D eigenvalue weighted by Crippen LogP contribution is 2.67. The quantitative estimate of drug-likeness (QED) is 0.335. The maximum atomic E-state index is 14.6. The van der Waals surface area contributed by atoms with Crippen LogP contribution in [0.5, 0.6) is 0 Å². The normalized spacial score (nSPS) is 28.3. The number of hydrogen-bond acceptors (Lipinski definition) is 5. The molecule has 42 heavy (non-hydrogen) atoms. The van der Waals surface area contributed by atoms with Crippen LogP contribution in [0.3, 0.4) is 0 Å². The fourth-order valence-corrected chi connectivity index (χ4v) is 7.63. The summed E-state index contributed by atoms with van der Waals surface area (Å²) in [6, 6.07) is -1.16. The number of carboxylic acids is 1. The molecule has 0 unspecified atom stereocenters. The predicted molar refractivity (Wildman–Crippen MR) is 149 cm³/mol. The molecule has 3 aliphatic rings. The van der Waals surface area contributed by atoms with Gasteiger partial charge in [0, 0.05) is 12.2 Å². The van der Waals surface area contributed by atoms with E-state index in [1.54, 1.807) is 13.8 Å². The molecule has 0 aromatic carbocycles. The number of aryl methyl sites for hydroxylation is 1. The number of alkyl halides is 3. The fraction of sp³-hybridized carbons (Fsp3) is 0.621. The lowest BCUT2D eigenvalue weighted by atomic mass is 9.74. The van der Waals surface area contributed by atoms with Crippen LogP contribution in [-0.2, 0) is 11.0 Å². The van der Waals surface area contributed by atoms with Gasteiger partial charge in [-0.2, -0.15) is 18.3 Å². The maximum absolute atomic E-state index is 14.6. The number of carbonyl (C=O) groups is 3. The van der Waals surface area contributed by atoms with Crippen LogP contribution in [-0.4, -0.2) is 55.0 Å². The average Bonchev–Trinajstić information content (AvgIpc) is 3.33. The molecule has 3 saturated carbocycles. The smallest absolute Gasteiger partial charge is 0.433 e. The van der Waals surface area contributed by atoms with E-state index in [0.29, 0.717) is 30.4 Å². The Morgan fingerprint density at radius 1 is 1.10 bits per heavy atom. The van der Waals surface area contributed by atoms with Gasteiger partial charge in [0.2, 0.25) is 0 Å². The standard InChI is InChI=1S/C29H33Cl2F3N4O4/c1-14-23(31)22(20(30)12-35-14)21(39)13-37(16-9-18-19(10-16)27(18,2)3)25(40)17-11-36-38(24(17)29(32,33)34)15-5-7-28(4,8-6-15)26(41)42/h11-12,15-16,18-19H,5-10,13H2,1-4H3,(H,41,42)/t15-,16-,18+,19-,28-. The van der Waals surface area contributed by atoms with Crippen molar-refractivity contribution in [3.63, 3.8) is 0 Å². The van der Waals surface area contributed by atoms with Gasteiger partial charge in [-0.15, -0.1) is 0 Å². The Morgan fingerprint density at radius 2 is 1.69 bits per heavy atom. The zero-order valence-electron chi connectivity index (χ0n) is 23.8. The summed E-state index contributed by atoms with van der Waals surface area (Å²) < 4.78 is 44.6. The highest BCUT2D eigenvalue weighted by molar-refractivity contribution is 6.40. The number of Topliss-reactive ketones (excluding diaryl/α,β-unsaturated/α-hetero) is 1. The number of nitrogens with zero attached hydrogens (tertiary/aromatic N) is 4. The number of halogens is 5. The van der Waals surface area contributed by atoms with Gasteiger partial charge in [0.15, 0.2) is 11.5 Å². The van der Waals surface area contributed by atoms with Crippen LogP contribution in [0.2, 0.25) is 10.0 Å². The van der Waals surface area contributed by atoms with Gasteiger partial charge in [0.25, 0.3) is 5.91 Å². The van der Waals surface area contributed by atoms with Crippen molar-refractivity contribution in [3.8, 4) is 0 Å². The molecule has 2 aromatic heterocycles. The first-order valence-electron chi connectivity index (χ1n) is 14.0. The minimum absolute atomic E-state index is 0.00661. The van der Waals surface area contributed by atoms with Crippen LogP contribution in [0.25, 0.3) is 0 Å². The van der Waals surface area contributed by atoms with E-state index in [0.717, 1.165) is 10.9 Å². The molecule has 2 aromatic rings. The SMILES string of the molecule is Cc1ncc(Cl)c(C(=O)CN(C(=O)c2cnn([C@H]3CC[C@](C)(C(=O)O)CC3)c2C(F)(F)F)[C@H]2C[C@@H]3[C@H](C2)C3(C)C)c1Cl. The molecule has 0 saturated heterocycles. The van der Waals surface area contributed by atoms with Gasteiger partial charge in [-0.25, -0.2) is 0 Å². The molecule has 1 N–H and O–H groups in total. The highest BCUT2D eigenvalue weighted by atomic mass is 35.5. The van der Waals surface area contributed by atoms with E-state index in [1.165, 1.54) is 11.1 Å². The number of carboxylic acid groups (broad SMARTS) is 1.